The minimum absolute atomic E-state index is 0.0153. The summed E-state index contributed by atoms with van der Waals surface area (Å²) in [4.78, 5) is 4.56. The van der Waals surface area contributed by atoms with Gasteiger partial charge in [-0.15, -0.1) is 0 Å². The second-order valence-corrected chi connectivity index (χ2v) is 12.0. The molecular weight excluding hydrogens is 502 g/mol. The van der Waals surface area contributed by atoms with E-state index in [1.165, 1.54) is 24.3 Å². The van der Waals surface area contributed by atoms with Crippen LogP contribution >= 0.6 is 0 Å². The SMILES string of the molecule is Cc1ccc(S(=O)(=O)OCC2(COS(=O)(=O)c3ccc(C)cc3)COC(c3ccccc3C)=N2)cc1. The van der Waals surface area contributed by atoms with Gasteiger partial charge in [0.15, 0.2) is 0 Å². The number of aliphatic imine (C=N–C) groups is 1. The van der Waals surface area contributed by atoms with Crippen molar-refractivity contribution in [1.29, 1.82) is 0 Å². The molecule has 3 aromatic carbocycles. The first kappa shape index (κ1) is 26.0. The lowest BCUT2D eigenvalue weighted by Crippen LogP contribution is -2.41. The van der Waals surface area contributed by atoms with E-state index in [0.717, 1.165) is 16.7 Å². The van der Waals surface area contributed by atoms with Crippen LogP contribution in [0.25, 0.3) is 0 Å². The summed E-state index contributed by atoms with van der Waals surface area (Å²) < 4.78 is 67.8. The molecule has 0 aliphatic carbocycles. The molecule has 0 saturated heterocycles. The summed E-state index contributed by atoms with van der Waals surface area (Å²) in [6, 6.07) is 19.8. The number of nitrogens with zero attached hydrogens (tertiary/aromatic N) is 1. The molecule has 1 aliphatic rings. The van der Waals surface area contributed by atoms with Crippen molar-refractivity contribution >= 4 is 26.1 Å². The second-order valence-electron chi connectivity index (χ2n) is 8.80. The van der Waals surface area contributed by atoms with Gasteiger partial charge in [0.05, 0.1) is 23.0 Å². The van der Waals surface area contributed by atoms with Gasteiger partial charge in [-0.25, -0.2) is 4.99 Å². The molecule has 0 unspecified atom stereocenters. The van der Waals surface area contributed by atoms with E-state index in [1.807, 2.05) is 45.0 Å². The first-order valence-corrected chi connectivity index (χ1v) is 14.0. The van der Waals surface area contributed by atoms with Crippen LogP contribution in [-0.4, -0.2) is 48.1 Å². The summed E-state index contributed by atoms with van der Waals surface area (Å²) in [6.45, 7) is 4.51. The molecular formula is C26H27NO7S2. The Hall–Kier alpha value is -3.05. The van der Waals surface area contributed by atoms with Crippen LogP contribution in [0, 0.1) is 20.8 Å². The van der Waals surface area contributed by atoms with Crippen LogP contribution < -0.4 is 0 Å². The summed E-state index contributed by atoms with van der Waals surface area (Å²) in [6.07, 6.45) is 0. The van der Waals surface area contributed by atoms with Gasteiger partial charge in [-0.1, -0.05) is 53.6 Å². The highest BCUT2D eigenvalue weighted by Crippen LogP contribution is 2.28. The van der Waals surface area contributed by atoms with Crippen LogP contribution in [0.3, 0.4) is 0 Å². The molecule has 1 heterocycles. The Morgan fingerprint density at radius 2 is 1.22 bits per heavy atom. The molecule has 0 amide bonds. The number of benzene rings is 3. The van der Waals surface area contributed by atoms with Gasteiger partial charge in [0.2, 0.25) is 5.90 Å². The standard InChI is InChI=1S/C26H27NO7S2/c1-19-8-12-22(13-9-19)35(28,29)33-17-26(16-32-25(27-26)24-7-5-4-6-21(24)3)18-34-36(30,31)23-14-10-20(2)11-15-23/h4-15H,16-18H2,1-3H3. The Kier molecular flexibility index (Phi) is 7.33. The average molecular weight is 530 g/mol. The summed E-state index contributed by atoms with van der Waals surface area (Å²) in [5.41, 5.74) is 2.00. The zero-order valence-electron chi connectivity index (χ0n) is 20.2. The maximum Gasteiger partial charge on any atom is 0.297 e. The molecule has 0 aromatic heterocycles. The molecule has 190 valence electrons. The van der Waals surface area contributed by atoms with Gasteiger partial charge < -0.3 is 4.74 Å². The second kappa shape index (κ2) is 10.1. The van der Waals surface area contributed by atoms with E-state index in [2.05, 4.69) is 4.99 Å². The van der Waals surface area contributed by atoms with Crippen molar-refractivity contribution in [2.24, 2.45) is 4.99 Å². The number of ether oxygens (including phenoxy) is 1. The van der Waals surface area contributed by atoms with Crippen LogP contribution in [0.15, 0.2) is 87.6 Å². The minimum Gasteiger partial charge on any atom is -0.475 e. The fourth-order valence-corrected chi connectivity index (χ4v) is 5.50. The van der Waals surface area contributed by atoms with Crippen molar-refractivity contribution in [3.63, 3.8) is 0 Å². The van der Waals surface area contributed by atoms with Crippen molar-refractivity contribution in [2.75, 3.05) is 19.8 Å². The quantitative estimate of drug-likeness (QED) is 0.386. The van der Waals surface area contributed by atoms with Gasteiger partial charge in [-0.05, 0) is 56.7 Å². The molecule has 3 aromatic rings. The Bertz CT molecular complexity index is 1400. The van der Waals surface area contributed by atoms with Crippen molar-refractivity contribution < 1.29 is 29.9 Å². The predicted octanol–water partition coefficient (Wildman–Crippen LogP) is 3.94. The van der Waals surface area contributed by atoms with Crippen molar-refractivity contribution in [1.82, 2.24) is 0 Å². The third kappa shape index (κ3) is 5.84. The maximum absolute atomic E-state index is 12.8. The van der Waals surface area contributed by atoms with Gasteiger partial charge in [0.25, 0.3) is 20.2 Å². The van der Waals surface area contributed by atoms with E-state index in [0.29, 0.717) is 5.56 Å². The Balaban J connectivity index is 1.62. The fourth-order valence-electron chi connectivity index (χ4n) is 3.54. The van der Waals surface area contributed by atoms with E-state index >= 15 is 0 Å². The van der Waals surface area contributed by atoms with Crippen LogP contribution in [0.2, 0.25) is 0 Å². The van der Waals surface area contributed by atoms with E-state index < -0.39 is 39.0 Å². The highest BCUT2D eigenvalue weighted by atomic mass is 32.2. The zero-order chi connectivity index (χ0) is 26.0. The molecule has 0 spiro atoms. The molecule has 8 nitrogen and oxygen atoms in total. The summed E-state index contributed by atoms with van der Waals surface area (Å²) in [5.74, 6) is 0.265. The first-order chi connectivity index (χ1) is 17.0. The van der Waals surface area contributed by atoms with Gasteiger partial charge in [0, 0.05) is 5.56 Å². The number of rotatable bonds is 9. The lowest BCUT2D eigenvalue weighted by Gasteiger charge is -2.23. The Morgan fingerprint density at radius 1 is 0.750 bits per heavy atom. The van der Waals surface area contributed by atoms with E-state index in [4.69, 9.17) is 13.1 Å². The van der Waals surface area contributed by atoms with Crippen LogP contribution in [0.1, 0.15) is 22.3 Å². The fraction of sp³-hybridized carbons (Fsp3) is 0.269. The molecule has 0 radical (unpaired) electrons. The molecule has 0 fully saturated rings. The summed E-state index contributed by atoms with van der Waals surface area (Å²) >= 11 is 0. The van der Waals surface area contributed by atoms with Crippen molar-refractivity contribution in [3.8, 4) is 0 Å². The molecule has 0 bridgehead atoms. The predicted molar refractivity (Wildman–Crippen MR) is 135 cm³/mol. The Morgan fingerprint density at radius 3 is 1.69 bits per heavy atom. The monoisotopic (exact) mass is 529 g/mol. The van der Waals surface area contributed by atoms with Crippen molar-refractivity contribution in [3.05, 3.63) is 95.1 Å². The van der Waals surface area contributed by atoms with E-state index in [9.17, 15) is 16.8 Å². The van der Waals surface area contributed by atoms with Crippen LogP contribution in [0.5, 0.6) is 0 Å². The molecule has 1 aliphatic heterocycles. The number of hydrogen-bond donors (Lipinski definition) is 0. The summed E-state index contributed by atoms with van der Waals surface area (Å²) in [5, 5.41) is 0. The van der Waals surface area contributed by atoms with E-state index in [1.54, 1.807) is 24.3 Å². The molecule has 0 atom stereocenters. The zero-order valence-corrected chi connectivity index (χ0v) is 21.8. The third-order valence-electron chi connectivity index (χ3n) is 5.78. The van der Waals surface area contributed by atoms with Crippen LogP contribution in [0.4, 0.5) is 0 Å². The van der Waals surface area contributed by atoms with Crippen LogP contribution in [-0.2, 0) is 33.3 Å². The normalized spacial score (nSPS) is 15.4. The third-order valence-corrected chi connectivity index (χ3v) is 8.33. The summed E-state index contributed by atoms with van der Waals surface area (Å²) in [7, 11) is -8.27. The molecule has 4 rings (SSSR count). The highest BCUT2D eigenvalue weighted by molar-refractivity contribution is 7.87. The lowest BCUT2D eigenvalue weighted by atomic mass is 10.1. The largest absolute Gasteiger partial charge is 0.475 e. The average Bonchev–Trinajstić information content (AvgIpc) is 3.27. The number of aryl methyl sites for hydroxylation is 3. The van der Waals surface area contributed by atoms with Gasteiger partial charge in [-0.2, -0.15) is 16.8 Å². The Labute approximate surface area is 211 Å². The first-order valence-electron chi connectivity index (χ1n) is 11.2. The van der Waals surface area contributed by atoms with Crippen molar-refractivity contribution in [2.45, 2.75) is 36.1 Å². The lowest BCUT2D eigenvalue weighted by molar-refractivity contribution is 0.124. The molecule has 0 saturated carbocycles. The molecule has 36 heavy (non-hydrogen) atoms. The minimum atomic E-state index is -4.13. The maximum atomic E-state index is 12.8. The molecule has 10 heteroatoms. The van der Waals surface area contributed by atoms with Gasteiger partial charge >= 0.3 is 0 Å². The number of hydrogen-bond acceptors (Lipinski definition) is 8. The topological polar surface area (TPSA) is 108 Å². The highest BCUT2D eigenvalue weighted by Gasteiger charge is 2.41. The molecule has 0 N–H and O–H groups in total. The van der Waals surface area contributed by atoms with E-state index in [-0.39, 0.29) is 22.3 Å². The van der Waals surface area contributed by atoms with Gasteiger partial charge in [0.1, 0.15) is 12.1 Å². The smallest absolute Gasteiger partial charge is 0.297 e. The van der Waals surface area contributed by atoms with Gasteiger partial charge in [-0.3, -0.25) is 8.37 Å².